The first-order valence-electron chi connectivity index (χ1n) is 4.19. The van der Waals surface area contributed by atoms with E-state index in [0.717, 1.165) is 0 Å². The summed E-state index contributed by atoms with van der Waals surface area (Å²) in [5.41, 5.74) is -0.551. The maximum absolute atomic E-state index is 10.7. The van der Waals surface area contributed by atoms with Gasteiger partial charge < -0.3 is 10.1 Å². The number of hydrogen-bond acceptors (Lipinski definition) is 8. The van der Waals surface area contributed by atoms with Crippen LogP contribution in [-0.4, -0.2) is 30.2 Å². The maximum atomic E-state index is 10.7. The first-order chi connectivity index (χ1) is 8.00. The fourth-order valence-corrected chi connectivity index (χ4v) is 1.19. The van der Waals surface area contributed by atoms with Gasteiger partial charge in [-0.3, -0.25) is 10.1 Å². The van der Waals surface area contributed by atoms with Crippen molar-refractivity contribution in [3.05, 3.63) is 32.1 Å². The summed E-state index contributed by atoms with van der Waals surface area (Å²) in [6.07, 6.45) is 0.684. The standard InChI is InChI=1S/C6H4N6O5/c1-3-5(9-17-8-3)6-4(11(13)14)2-10(7-6)12(15)16/h2H,1H3. The molecule has 2 aromatic heterocycles. The Kier molecular flexibility index (Phi) is 2.27. The van der Waals surface area contributed by atoms with Crippen LogP contribution in [-0.2, 0) is 0 Å². The summed E-state index contributed by atoms with van der Waals surface area (Å²) in [6.45, 7) is 1.49. The Morgan fingerprint density at radius 1 is 1.29 bits per heavy atom. The van der Waals surface area contributed by atoms with E-state index < -0.39 is 15.6 Å². The van der Waals surface area contributed by atoms with Crippen molar-refractivity contribution >= 4 is 5.69 Å². The molecule has 0 atom stereocenters. The number of hydrogen-bond donors (Lipinski definition) is 0. The summed E-state index contributed by atoms with van der Waals surface area (Å²) in [6, 6.07) is 0. The summed E-state index contributed by atoms with van der Waals surface area (Å²) in [4.78, 5) is 20.6. The third kappa shape index (κ3) is 1.68. The second kappa shape index (κ2) is 3.62. The third-order valence-electron chi connectivity index (χ3n) is 1.92. The monoisotopic (exact) mass is 240 g/mol. The molecule has 0 aliphatic rings. The highest BCUT2D eigenvalue weighted by Crippen LogP contribution is 2.28. The predicted molar refractivity (Wildman–Crippen MR) is 49.3 cm³/mol. The molecule has 11 heteroatoms. The molecule has 2 rings (SSSR count). The second-order valence-corrected chi connectivity index (χ2v) is 2.98. The Bertz CT molecular complexity index is 600. The fourth-order valence-electron chi connectivity index (χ4n) is 1.19. The first kappa shape index (κ1) is 10.7. The molecule has 88 valence electrons. The van der Waals surface area contributed by atoms with E-state index in [2.05, 4.69) is 20.0 Å². The molecule has 0 aromatic carbocycles. The third-order valence-corrected chi connectivity index (χ3v) is 1.92. The Hall–Kier alpha value is -2.85. The largest absolute Gasteiger partial charge is 0.349 e. The topological polar surface area (TPSA) is 143 Å². The van der Waals surface area contributed by atoms with Gasteiger partial charge in [0, 0.05) is 4.79 Å². The van der Waals surface area contributed by atoms with Gasteiger partial charge in [0.05, 0.1) is 15.1 Å². The van der Waals surface area contributed by atoms with Gasteiger partial charge in [0.25, 0.3) is 0 Å². The number of aromatic nitrogens is 4. The lowest BCUT2D eigenvalue weighted by molar-refractivity contribution is -0.553. The number of nitrogens with zero attached hydrogens (tertiary/aromatic N) is 6. The van der Waals surface area contributed by atoms with Crippen LogP contribution in [0.1, 0.15) is 5.69 Å². The highest BCUT2D eigenvalue weighted by molar-refractivity contribution is 5.66. The lowest BCUT2D eigenvalue weighted by Crippen LogP contribution is -2.08. The molecule has 0 aliphatic heterocycles. The second-order valence-electron chi connectivity index (χ2n) is 2.98. The zero-order valence-electron chi connectivity index (χ0n) is 8.30. The van der Waals surface area contributed by atoms with Crippen molar-refractivity contribution in [1.29, 1.82) is 0 Å². The molecule has 0 unspecified atom stereocenters. The van der Waals surface area contributed by atoms with Gasteiger partial charge in [0.15, 0.2) is 11.9 Å². The first-order valence-corrected chi connectivity index (χ1v) is 4.19. The highest BCUT2D eigenvalue weighted by atomic mass is 16.7. The van der Waals surface area contributed by atoms with Crippen molar-refractivity contribution in [3.63, 3.8) is 0 Å². The molecular formula is C6H4N6O5. The predicted octanol–water partition coefficient (Wildman–Crippen LogP) is 0.190. The van der Waals surface area contributed by atoms with Gasteiger partial charge in [-0.1, -0.05) is 5.16 Å². The van der Waals surface area contributed by atoms with Gasteiger partial charge in [-0.25, -0.2) is 4.63 Å². The van der Waals surface area contributed by atoms with Crippen molar-refractivity contribution in [3.8, 4) is 11.4 Å². The van der Waals surface area contributed by atoms with Crippen molar-refractivity contribution in [2.75, 3.05) is 0 Å². The molecule has 17 heavy (non-hydrogen) atoms. The lowest BCUT2D eigenvalue weighted by atomic mass is 10.2. The van der Waals surface area contributed by atoms with Crippen LogP contribution in [0.15, 0.2) is 10.8 Å². The molecular weight excluding hydrogens is 236 g/mol. The molecule has 0 saturated carbocycles. The van der Waals surface area contributed by atoms with Crippen LogP contribution >= 0.6 is 0 Å². The minimum atomic E-state index is -0.903. The van der Waals surface area contributed by atoms with Gasteiger partial charge in [0.1, 0.15) is 5.69 Å². The van der Waals surface area contributed by atoms with E-state index >= 15 is 0 Å². The lowest BCUT2D eigenvalue weighted by Gasteiger charge is -1.86. The van der Waals surface area contributed by atoms with Crippen molar-refractivity contribution in [1.82, 2.24) is 20.2 Å². The molecule has 0 saturated heterocycles. The summed E-state index contributed by atoms with van der Waals surface area (Å²) < 4.78 is 4.36. The van der Waals surface area contributed by atoms with Crippen LogP contribution in [0.25, 0.3) is 11.4 Å². The molecule has 0 spiro atoms. The minimum absolute atomic E-state index is 0.00250. The molecule has 0 aliphatic carbocycles. The maximum Gasteiger partial charge on any atom is 0.349 e. The average molecular weight is 240 g/mol. The van der Waals surface area contributed by atoms with Crippen molar-refractivity contribution in [2.45, 2.75) is 6.92 Å². The van der Waals surface area contributed by atoms with E-state index in [9.17, 15) is 20.2 Å². The number of nitro groups is 2. The molecule has 2 aromatic rings. The smallest absolute Gasteiger partial charge is 0.339 e. The highest BCUT2D eigenvalue weighted by Gasteiger charge is 2.32. The van der Waals surface area contributed by atoms with Gasteiger partial charge >= 0.3 is 11.4 Å². The van der Waals surface area contributed by atoms with E-state index in [1.807, 2.05) is 0 Å². The van der Waals surface area contributed by atoms with Crippen molar-refractivity contribution < 1.29 is 14.6 Å². The quantitative estimate of drug-likeness (QED) is 0.546. The summed E-state index contributed by atoms with van der Waals surface area (Å²) in [7, 11) is 0. The summed E-state index contributed by atoms with van der Waals surface area (Å²) in [5.74, 6) is 0. The van der Waals surface area contributed by atoms with Crippen LogP contribution in [0.2, 0.25) is 0 Å². The normalized spacial score (nSPS) is 10.4. The minimum Gasteiger partial charge on any atom is -0.339 e. The number of rotatable bonds is 3. The van der Waals surface area contributed by atoms with Crippen LogP contribution in [0.5, 0.6) is 0 Å². The average Bonchev–Trinajstić information content (AvgIpc) is 2.82. The molecule has 0 N–H and O–H groups in total. The molecule has 0 radical (unpaired) electrons. The van der Waals surface area contributed by atoms with Crippen LogP contribution in [0.3, 0.4) is 0 Å². The molecule has 2 heterocycles. The molecule has 0 amide bonds. The van der Waals surface area contributed by atoms with Crippen LogP contribution in [0.4, 0.5) is 5.69 Å². The molecule has 0 bridgehead atoms. The van der Waals surface area contributed by atoms with Crippen molar-refractivity contribution in [2.24, 2.45) is 0 Å². The zero-order chi connectivity index (χ0) is 12.6. The summed E-state index contributed by atoms with van der Waals surface area (Å²) in [5, 5.41) is 30.6. The Morgan fingerprint density at radius 2 is 2.00 bits per heavy atom. The zero-order valence-corrected chi connectivity index (χ0v) is 8.30. The van der Waals surface area contributed by atoms with Gasteiger partial charge in [-0.2, -0.15) is 0 Å². The van der Waals surface area contributed by atoms with Gasteiger partial charge in [-0.15, -0.1) is 0 Å². The van der Waals surface area contributed by atoms with E-state index in [4.69, 9.17) is 0 Å². The van der Waals surface area contributed by atoms with Gasteiger partial charge in [0.2, 0.25) is 0 Å². The molecule has 0 fully saturated rings. The van der Waals surface area contributed by atoms with E-state index in [1.165, 1.54) is 6.92 Å². The molecule has 11 nitrogen and oxygen atoms in total. The Morgan fingerprint density at radius 3 is 2.47 bits per heavy atom. The van der Waals surface area contributed by atoms with E-state index in [1.54, 1.807) is 0 Å². The fraction of sp³-hybridized carbons (Fsp3) is 0.167. The Balaban J connectivity index is 2.64. The van der Waals surface area contributed by atoms with Crippen LogP contribution in [0, 0.1) is 27.2 Å². The SMILES string of the molecule is Cc1nonc1-c1nn([N+](=O)[O-])cc1[N+](=O)[O-]. The number of aryl methyl sites for hydroxylation is 1. The van der Waals surface area contributed by atoms with E-state index in [0.29, 0.717) is 6.20 Å². The Labute approximate surface area is 91.9 Å². The van der Waals surface area contributed by atoms with E-state index in [-0.39, 0.29) is 21.9 Å². The van der Waals surface area contributed by atoms with Crippen LogP contribution < -0.4 is 0 Å². The van der Waals surface area contributed by atoms with Gasteiger partial charge in [-0.05, 0) is 12.1 Å². The summed E-state index contributed by atoms with van der Waals surface area (Å²) >= 11 is 0.